The van der Waals surface area contributed by atoms with E-state index in [-0.39, 0.29) is 17.5 Å². The molecule has 0 aliphatic carbocycles. The van der Waals surface area contributed by atoms with Crippen molar-refractivity contribution in [2.24, 2.45) is 0 Å². The van der Waals surface area contributed by atoms with Crippen LogP contribution in [0, 0.1) is 5.82 Å². The third-order valence-corrected chi connectivity index (χ3v) is 4.20. The first-order chi connectivity index (χ1) is 13.6. The van der Waals surface area contributed by atoms with Gasteiger partial charge in [0.05, 0.1) is 18.1 Å². The number of para-hydroxylation sites is 1. The molecule has 4 rings (SSSR count). The molecule has 28 heavy (non-hydrogen) atoms. The topological polar surface area (TPSA) is 95.6 Å². The van der Waals surface area contributed by atoms with Crippen LogP contribution in [0.3, 0.4) is 0 Å². The quantitative estimate of drug-likeness (QED) is 0.484. The van der Waals surface area contributed by atoms with Gasteiger partial charge in [0.1, 0.15) is 11.5 Å². The first-order valence-electron chi connectivity index (χ1n) is 8.76. The van der Waals surface area contributed by atoms with Crippen molar-refractivity contribution in [3.8, 4) is 11.3 Å². The lowest BCUT2D eigenvalue weighted by atomic mass is 10.1. The van der Waals surface area contributed by atoms with Crippen molar-refractivity contribution in [2.75, 3.05) is 10.6 Å². The lowest BCUT2D eigenvalue weighted by Gasteiger charge is -2.08. The Morgan fingerprint density at radius 1 is 1.14 bits per heavy atom. The number of carbonyl (C=O) groups is 1. The molecule has 0 fully saturated rings. The average Bonchev–Trinajstić information content (AvgIpc) is 3.15. The fourth-order valence-corrected chi connectivity index (χ4v) is 2.79. The molecule has 8 heteroatoms. The number of pyridine rings is 1. The maximum Gasteiger partial charge on any atom is 0.227 e. The summed E-state index contributed by atoms with van der Waals surface area (Å²) in [5.41, 5.74) is 2.38. The van der Waals surface area contributed by atoms with Crippen LogP contribution >= 0.6 is 0 Å². The molecule has 4 aromatic rings. The monoisotopic (exact) mass is 376 g/mol. The molecule has 3 N–H and O–H groups in total. The second kappa shape index (κ2) is 7.43. The van der Waals surface area contributed by atoms with Crippen LogP contribution in [0.1, 0.15) is 13.3 Å². The number of halogens is 1. The molecule has 0 aliphatic rings. The van der Waals surface area contributed by atoms with Crippen molar-refractivity contribution in [1.82, 2.24) is 19.9 Å². The largest absolute Gasteiger partial charge is 0.360 e. The molecule has 0 bridgehead atoms. The van der Waals surface area contributed by atoms with Gasteiger partial charge < -0.3 is 15.6 Å². The molecular weight excluding hydrogens is 359 g/mol. The number of aromatic nitrogens is 4. The molecule has 0 saturated carbocycles. The Balaban J connectivity index is 1.60. The SMILES string of the molecule is CCC(=O)Nc1ccc(Nc2ncc(F)c(-c3c[nH]c4ccccc34)n2)cn1. The van der Waals surface area contributed by atoms with Crippen molar-refractivity contribution < 1.29 is 9.18 Å². The normalized spacial score (nSPS) is 10.8. The number of hydrogen-bond acceptors (Lipinski definition) is 5. The van der Waals surface area contributed by atoms with Gasteiger partial charge >= 0.3 is 0 Å². The number of hydrogen-bond donors (Lipinski definition) is 3. The number of rotatable bonds is 5. The van der Waals surface area contributed by atoms with E-state index in [9.17, 15) is 9.18 Å². The Kier molecular flexibility index (Phi) is 4.67. The van der Waals surface area contributed by atoms with Crippen LogP contribution in [0.15, 0.2) is 55.0 Å². The summed E-state index contributed by atoms with van der Waals surface area (Å²) < 4.78 is 14.4. The van der Waals surface area contributed by atoms with Crippen LogP contribution in [-0.4, -0.2) is 25.8 Å². The van der Waals surface area contributed by atoms with Crippen LogP contribution in [0.2, 0.25) is 0 Å². The van der Waals surface area contributed by atoms with E-state index in [1.54, 1.807) is 31.5 Å². The van der Waals surface area contributed by atoms with Gasteiger partial charge in [0.15, 0.2) is 5.82 Å². The van der Waals surface area contributed by atoms with Crippen molar-refractivity contribution in [3.63, 3.8) is 0 Å². The van der Waals surface area contributed by atoms with Gasteiger partial charge in [-0.2, -0.15) is 0 Å². The molecular formula is C20H17FN6O. The van der Waals surface area contributed by atoms with Crippen LogP contribution < -0.4 is 10.6 Å². The molecule has 3 heterocycles. The number of anilines is 3. The second-order valence-electron chi connectivity index (χ2n) is 6.10. The highest BCUT2D eigenvalue weighted by atomic mass is 19.1. The third-order valence-electron chi connectivity index (χ3n) is 4.20. The Morgan fingerprint density at radius 3 is 2.79 bits per heavy atom. The minimum atomic E-state index is -0.508. The Hall–Kier alpha value is -3.81. The highest BCUT2D eigenvalue weighted by Gasteiger charge is 2.14. The smallest absolute Gasteiger partial charge is 0.227 e. The van der Waals surface area contributed by atoms with Gasteiger partial charge in [0.2, 0.25) is 11.9 Å². The summed E-state index contributed by atoms with van der Waals surface area (Å²) in [6.07, 6.45) is 4.79. The molecule has 1 aromatic carbocycles. The minimum Gasteiger partial charge on any atom is -0.360 e. The minimum absolute atomic E-state index is 0.113. The lowest BCUT2D eigenvalue weighted by molar-refractivity contribution is -0.115. The molecule has 0 spiro atoms. The number of amides is 1. The molecule has 140 valence electrons. The average molecular weight is 376 g/mol. The number of nitrogens with zero attached hydrogens (tertiary/aromatic N) is 3. The predicted octanol–water partition coefficient (Wildman–Crippen LogP) is 4.25. The zero-order valence-electron chi connectivity index (χ0n) is 15.0. The summed E-state index contributed by atoms with van der Waals surface area (Å²) in [7, 11) is 0. The third kappa shape index (κ3) is 3.52. The van der Waals surface area contributed by atoms with Crippen molar-refractivity contribution in [2.45, 2.75) is 13.3 Å². The van der Waals surface area contributed by atoms with Crippen molar-refractivity contribution in [1.29, 1.82) is 0 Å². The van der Waals surface area contributed by atoms with Crippen LogP contribution in [0.4, 0.5) is 21.8 Å². The van der Waals surface area contributed by atoms with E-state index in [2.05, 4.69) is 30.6 Å². The number of H-pyrrole nitrogens is 1. The number of fused-ring (bicyclic) bond motifs is 1. The van der Waals surface area contributed by atoms with Gasteiger partial charge in [-0.1, -0.05) is 25.1 Å². The zero-order valence-corrected chi connectivity index (χ0v) is 15.0. The van der Waals surface area contributed by atoms with Crippen molar-refractivity contribution in [3.05, 3.63) is 60.8 Å². The number of benzene rings is 1. The van der Waals surface area contributed by atoms with E-state index in [1.807, 2.05) is 24.3 Å². The summed E-state index contributed by atoms with van der Waals surface area (Å²) in [6, 6.07) is 11.0. The van der Waals surface area contributed by atoms with Gasteiger partial charge in [0, 0.05) is 29.1 Å². The highest BCUT2D eigenvalue weighted by molar-refractivity contribution is 5.94. The van der Waals surface area contributed by atoms with E-state index < -0.39 is 5.82 Å². The standard InChI is InChI=1S/C20H17FN6O/c1-2-18(28)26-17-8-7-12(9-23-17)25-20-24-11-15(21)19(27-20)14-10-22-16-6-4-3-5-13(14)16/h3-11,22H,2H2,1H3,(H,23,26,28)(H,24,25,27). The molecule has 1 amide bonds. The molecule has 0 saturated heterocycles. The molecule has 0 aliphatic heterocycles. The van der Waals surface area contributed by atoms with E-state index in [0.717, 1.165) is 17.1 Å². The summed E-state index contributed by atoms with van der Waals surface area (Å²) >= 11 is 0. The van der Waals surface area contributed by atoms with Gasteiger partial charge in [-0.25, -0.2) is 19.3 Å². The summed E-state index contributed by atoms with van der Waals surface area (Å²) in [5.74, 6) is 0.0789. The molecule has 0 unspecified atom stereocenters. The molecule has 3 aromatic heterocycles. The fraction of sp³-hybridized carbons (Fsp3) is 0.100. The van der Waals surface area contributed by atoms with Crippen LogP contribution in [-0.2, 0) is 4.79 Å². The molecule has 7 nitrogen and oxygen atoms in total. The maximum absolute atomic E-state index is 14.4. The van der Waals surface area contributed by atoms with E-state index in [1.165, 1.54) is 0 Å². The Labute approximate surface area is 160 Å². The van der Waals surface area contributed by atoms with Gasteiger partial charge in [-0.3, -0.25) is 4.79 Å². The van der Waals surface area contributed by atoms with Gasteiger partial charge in [-0.15, -0.1) is 0 Å². The fourth-order valence-electron chi connectivity index (χ4n) is 2.79. The zero-order chi connectivity index (χ0) is 19.5. The van der Waals surface area contributed by atoms with Crippen LogP contribution in [0.5, 0.6) is 0 Å². The first kappa shape index (κ1) is 17.6. The first-order valence-corrected chi connectivity index (χ1v) is 8.76. The molecule has 0 radical (unpaired) electrons. The number of nitrogens with one attached hydrogen (secondary N) is 3. The highest BCUT2D eigenvalue weighted by Crippen LogP contribution is 2.29. The summed E-state index contributed by atoms with van der Waals surface area (Å²) in [4.78, 5) is 27.0. The van der Waals surface area contributed by atoms with E-state index in [0.29, 0.717) is 23.5 Å². The van der Waals surface area contributed by atoms with Gasteiger partial charge in [0.25, 0.3) is 0 Å². The Bertz CT molecular complexity index is 1140. The summed E-state index contributed by atoms with van der Waals surface area (Å²) in [6.45, 7) is 1.77. The summed E-state index contributed by atoms with van der Waals surface area (Å²) in [5, 5.41) is 6.55. The lowest BCUT2D eigenvalue weighted by Crippen LogP contribution is -2.10. The predicted molar refractivity (Wildman–Crippen MR) is 106 cm³/mol. The number of aromatic amines is 1. The molecule has 0 atom stereocenters. The van der Waals surface area contributed by atoms with E-state index in [4.69, 9.17) is 0 Å². The number of carbonyl (C=O) groups excluding carboxylic acids is 1. The van der Waals surface area contributed by atoms with Crippen molar-refractivity contribution >= 4 is 34.3 Å². The second-order valence-corrected chi connectivity index (χ2v) is 6.10. The van der Waals surface area contributed by atoms with Gasteiger partial charge in [-0.05, 0) is 18.2 Å². The van der Waals surface area contributed by atoms with Crippen LogP contribution in [0.25, 0.3) is 22.2 Å². The maximum atomic E-state index is 14.4. The Morgan fingerprint density at radius 2 is 2.00 bits per heavy atom. The van der Waals surface area contributed by atoms with E-state index >= 15 is 0 Å².